The average Bonchev–Trinajstić information content (AvgIpc) is 2.19. The minimum absolute atomic E-state index is 0.0155. The van der Waals surface area contributed by atoms with Crippen molar-refractivity contribution in [2.45, 2.75) is 32.2 Å². The molecule has 14 heavy (non-hydrogen) atoms. The molecule has 1 atom stereocenters. The Morgan fingerprint density at radius 2 is 2.14 bits per heavy atom. The second kappa shape index (κ2) is 5.03. The fourth-order valence-electron chi connectivity index (χ4n) is 1.93. The molecule has 0 bridgehead atoms. The van der Waals surface area contributed by atoms with Gasteiger partial charge in [-0.3, -0.25) is 4.79 Å². The van der Waals surface area contributed by atoms with Crippen molar-refractivity contribution in [1.82, 2.24) is 0 Å². The van der Waals surface area contributed by atoms with E-state index in [1.165, 1.54) is 7.11 Å². The fourth-order valence-corrected chi connectivity index (χ4v) is 3.24. The molecule has 1 fully saturated rings. The SMILES string of the molecule is COC(=O)CC1(C(C)N)CCSCC1. The molecule has 3 nitrogen and oxygen atoms in total. The van der Waals surface area contributed by atoms with Gasteiger partial charge in [-0.1, -0.05) is 0 Å². The van der Waals surface area contributed by atoms with E-state index in [0.29, 0.717) is 6.42 Å². The third kappa shape index (κ3) is 2.64. The summed E-state index contributed by atoms with van der Waals surface area (Å²) < 4.78 is 4.73. The second-order valence-electron chi connectivity index (χ2n) is 4.02. The zero-order valence-electron chi connectivity index (χ0n) is 8.91. The number of hydrogen-bond acceptors (Lipinski definition) is 4. The lowest BCUT2D eigenvalue weighted by atomic mass is 9.73. The van der Waals surface area contributed by atoms with Crippen LogP contribution in [-0.2, 0) is 9.53 Å². The van der Waals surface area contributed by atoms with Gasteiger partial charge in [-0.15, -0.1) is 0 Å². The Kier molecular flexibility index (Phi) is 4.26. The number of rotatable bonds is 3. The van der Waals surface area contributed by atoms with Crippen molar-refractivity contribution in [2.24, 2.45) is 11.1 Å². The minimum Gasteiger partial charge on any atom is -0.469 e. The highest BCUT2D eigenvalue weighted by atomic mass is 32.2. The van der Waals surface area contributed by atoms with E-state index in [1.807, 2.05) is 18.7 Å². The molecule has 0 amide bonds. The lowest BCUT2D eigenvalue weighted by molar-refractivity contribution is -0.144. The molecule has 1 rings (SSSR count). The van der Waals surface area contributed by atoms with Gasteiger partial charge < -0.3 is 10.5 Å². The molecule has 0 aliphatic carbocycles. The van der Waals surface area contributed by atoms with E-state index in [9.17, 15) is 4.79 Å². The molecule has 1 saturated heterocycles. The molecule has 0 saturated carbocycles. The van der Waals surface area contributed by atoms with Gasteiger partial charge in [0.25, 0.3) is 0 Å². The van der Waals surface area contributed by atoms with Crippen LogP contribution in [0.3, 0.4) is 0 Å². The van der Waals surface area contributed by atoms with Crippen molar-refractivity contribution in [3.05, 3.63) is 0 Å². The normalized spacial score (nSPS) is 22.8. The van der Waals surface area contributed by atoms with Gasteiger partial charge in [-0.05, 0) is 36.7 Å². The number of esters is 1. The maximum Gasteiger partial charge on any atom is 0.306 e. The van der Waals surface area contributed by atoms with Crippen LogP contribution in [-0.4, -0.2) is 30.6 Å². The highest BCUT2D eigenvalue weighted by Crippen LogP contribution is 2.40. The van der Waals surface area contributed by atoms with Crippen LogP contribution in [0.4, 0.5) is 0 Å². The lowest BCUT2D eigenvalue weighted by Gasteiger charge is -2.39. The van der Waals surface area contributed by atoms with E-state index in [0.717, 1.165) is 24.3 Å². The fraction of sp³-hybridized carbons (Fsp3) is 0.900. The molecule has 1 aliphatic rings. The van der Waals surface area contributed by atoms with Crippen molar-refractivity contribution < 1.29 is 9.53 Å². The van der Waals surface area contributed by atoms with Gasteiger partial charge in [-0.25, -0.2) is 0 Å². The molecule has 1 aliphatic heterocycles. The number of methoxy groups -OCH3 is 1. The van der Waals surface area contributed by atoms with E-state index in [1.54, 1.807) is 0 Å². The van der Waals surface area contributed by atoms with Crippen molar-refractivity contribution >= 4 is 17.7 Å². The molecule has 2 N–H and O–H groups in total. The first-order chi connectivity index (χ1) is 6.60. The zero-order valence-corrected chi connectivity index (χ0v) is 9.73. The quantitative estimate of drug-likeness (QED) is 0.726. The van der Waals surface area contributed by atoms with Crippen LogP contribution in [0.2, 0.25) is 0 Å². The average molecular weight is 217 g/mol. The standard InChI is InChI=1S/C10H19NO2S/c1-8(11)10(7-9(12)13-2)3-5-14-6-4-10/h8H,3-7,11H2,1-2H3. The molecule has 0 spiro atoms. The Morgan fingerprint density at radius 3 is 2.57 bits per heavy atom. The van der Waals surface area contributed by atoms with Gasteiger partial charge in [0.1, 0.15) is 0 Å². The van der Waals surface area contributed by atoms with Crippen LogP contribution < -0.4 is 5.73 Å². The van der Waals surface area contributed by atoms with Gasteiger partial charge in [0.15, 0.2) is 0 Å². The van der Waals surface area contributed by atoms with E-state index < -0.39 is 0 Å². The summed E-state index contributed by atoms with van der Waals surface area (Å²) in [6.07, 6.45) is 2.54. The van der Waals surface area contributed by atoms with Crippen molar-refractivity contribution in [3.8, 4) is 0 Å². The van der Waals surface area contributed by atoms with Crippen molar-refractivity contribution in [3.63, 3.8) is 0 Å². The molecule has 0 radical (unpaired) electrons. The zero-order chi connectivity index (χ0) is 10.6. The third-order valence-electron chi connectivity index (χ3n) is 3.18. The molecular weight excluding hydrogens is 198 g/mol. The Bertz CT molecular complexity index is 200. The first-order valence-electron chi connectivity index (χ1n) is 5.01. The van der Waals surface area contributed by atoms with Gasteiger partial charge in [0.05, 0.1) is 13.5 Å². The highest BCUT2D eigenvalue weighted by Gasteiger charge is 2.38. The summed E-state index contributed by atoms with van der Waals surface area (Å²) in [6, 6.07) is 0.0718. The first kappa shape index (κ1) is 11.9. The van der Waals surface area contributed by atoms with Crippen LogP contribution in [0.1, 0.15) is 26.2 Å². The molecule has 82 valence electrons. The number of carbonyl (C=O) groups is 1. The topological polar surface area (TPSA) is 52.3 Å². The number of hydrogen-bond donors (Lipinski definition) is 1. The summed E-state index contributed by atoms with van der Waals surface area (Å²) in [6.45, 7) is 2.00. The van der Waals surface area contributed by atoms with Crippen LogP contribution in [0, 0.1) is 5.41 Å². The smallest absolute Gasteiger partial charge is 0.306 e. The largest absolute Gasteiger partial charge is 0.469 e. The molecule has 4 heteroatoms. The molecule has 0 aromatic heterocycles. The van der Waals surface area contributed by atoms with Crippen molar-refractivity contribution in [2.75, 3.05) is 18.6 Å². The third-order valence-corrected chi connectivity index (χ3v) is 4.16. The Labute approximate surface area is 89.8 Å². The monoisotopic (exact) mass is 217 g/mol. The first-order valence-corrected chi connectivity index (χ1v) is 6.16. The molecule has 1 unspecified atom stereocenters. The number of thioether (sulfide) groups is 1. The van der Waals surface area contributed by atoms with Crippen LogP contribution in [0.25, 0.3) is 0 Å². The number of ether oxygens (including phenoxy) is 1. The predicted molar refractivity (Wildman–Crippen MR) is 59.3 cm³/mol. The second-order valence-corrected chi connectivity index (χ2v) is 5.24. The van der Waals surface area contributed by atoms with E-state index >= 15 is 0 Å². The van der Waals surface area contributed by atoms with E-state index in [2.05, 4.69) is 0 Å². The molecule has 0 aromatic rings. The minimum atomic E-state index is -0.130. The van der Waals surface area contributed by atoms with Gasteiger partial charge >= 0.3 is 5.97 Å². The lowest BCUT2D eigenvalue weighted by Crippen LogP contribution is -2.44. The van der Waals surface area contributed by atoms with Gasteiger partial charge in [0.2, 0.25) is 0 Å². The highest BCUT2D eigenvalue weighted by molar-refractivity contribution is 7.99. The molecule has 0 aromatic carbocycles. The maximum atomic E-state index is 11.3. The molecular formula is C10H19NO2S. The maximum absolute atomic E-state index is 11.3. The van der Waals surface area contributed by atoms with Gasteiger partial charge in [-0.2, -0.15) is 11.8 Å². The molecule has 1 heterocycles. The van der Waals surface area contributed by atoms with Gasteiger partial charge in [0, 0.05) is 6.04 Å². The Morgan fingerprint density at radius 1 is 1.57 bits per heavy atom. The summed E-state index contributed by atoms with van der Waals surface area (Å²) in [7, 11) is 1.44. The Balaban J connectivity index is 2.65. The summed E-state index contributed by atoms with van der Waals surface area (Å²) in [5, 5.41) is 0. The predicted octanol–water partition coefficient (Wildman–Crippen LogP) is 1.41. The summed E-state index contributed by atoms with van der Waals surface area (Å²) in [4.78, 5) is 11.3. The van der Waals surface area contributed by atoms with Crippen molar-refractivity contribution in [1.29, 1.82) is 0 Å². The summed E-state index contributed by atoms with van der Waals surface area (Å²) >= 11 is 1.94. The van der Waals surface area contributed by atoms with Crippen LogP contribution in [0.15, 0.2) is 0 Å². The van der Waals surface area contributed by atoms with Crippen LogP contribution in [0.5, 0.6) is 0 Å². The van der Waals surface area contributed by atoms with E-state index in [-0.39, 0.29) is 17.4 Å². The Hall–Kier alpha value is -0.220. The van der Waals surface area contributed by atoms with E-state index in [4.69, 9.17) is 10.5 Å². The van der Waals surface area contributed by atoms with Crippen LogP contribution >= 0.6 is 11.8 Å². The number of carbonyl (C=O) groups excluding carboxylic acids is 1. The number of nitrogens with two attached hydrogens (primary N) is 1. The summed E-state index contributed by atoms with van der Waals surface area (Å²) in [5.74, 6) is 2.09. The summed E-state index contributed by atoms with van der Waals surface area (Å²) in [5.41, 5.74) is 5.97.